The average Bonchev–Trinajstić information content (AvgIpc) is 2.36. The molecule has 0 radical (unpaired) electrons. The normalized spacial score (nSPS) is 13.3. The quantitative estimate of drug-likeness (QED) is 0.791. The smallest absolute Gasteiger partial charge is 0.320 e. The monoisotopic (exact) mass is 357 g/mol. The number of rotatable bonds is 2. The summed E-state index contributed by atoms with van der Waals surface area (Å²) in [5.74, 6) is 0. The molecule has 0 spiro atoms. The van der Waals surface area contributed by atoms with Crippen molar-refractivity contribution in [2.75, 3.05) is 0 Å². The summed E-state index contributed by atoms with van der Waals surface area (Å²) in [6.07, 6.45) is -4.34. The molecule has 1 nitrogen and oxygen atoms in total. The van der Waals surface area contributed by atoms with Gasteiger partial charge in [0.1, 0.15) is 0 Å². The van der Waals surface area contributed by atoms with E-state index in [1.807, 2.05) is 25.1 Å². The van der Waals surface area contributed by atoms with Gasteiger partial charge in [-0.2, -0.15) is 13.2 Å². The summed E-state index contributed by atoms with van der Waals surface area (Å²) in [5, 5.41) is 0. The van der Waals surface area contributed by atoms with E-state index in [0.717, 1.165) is 27.7 Å². The Balaban J connectivity index is 2.42. The van der Waals surface area contributed by atoms with Crippen molar-refractivity contribution in [3.63, 3.8) is 0 Å². The molecule has 0 fully saturated rings. The Hall–Kier alpha value is -1.33. The van der Waals surface area contributed by atoms with Crippen LogP contribution in [0.1, 0.15) is 33.9 Å². The molecule has 0 bridgehead atoms. The number of hydrogen-bond donors (Lipinski definition) is 1. The predicted molar refractivity (Wildman–Crippen MR) is 81.1 cm³/mol. The Bertz CT molecular complexity index is 665. The van der Waals surface area contributed by atoms with Gasteiger partial charge in [0.25, 0.3) is 0 Å². The Morgan fingerprint density at radius 1 is 1.00 bits per heavy atom. The maximum absolute atomic E-state index is 12.7. The highest BCUT2D eigenvalue weighted by Crippen LogP contribution is 2.34. The van der Waals surface area contributed by atoms with E-state index in [1.54, 1.807) is 6.92 Å². The number of nitrogens with two attached hydrogens (primary N) is 1. The van der Waals surface area contributed by atoms with Gasteiger partial charge in [0, 0.05) is 4.47 Å². The van der Waals surface area contributed by atoms with Crippen LogP contribution < -0.4 is 5.73 Å². The number of hydrogen-bond acceptors (Lipinski definition) is 1. The zero-order valence-corrected chi connectivity index (χ0v) is 13.2. The van der Waals surface area contributed by atoms with Crippen molar-refractivity contribution in [1.82, 2.24) is 0 Å². The van der Waals surface area contributed by atoms with E-state index in [2.05, 4.69) is 15.9 Å². The molecule has 0 saturated heterocycles. The topological polar surface area (TPSA) is 26.0 Å². The van der Waals surface area contributed by atoms with Gasteiger partial charge >= 0.3 is 6.18 Å². The molecule has 0 aliphatic heterocycles. The first kappa shape index (κ1) is 16.0. The molecule has 2 rings (SSSR count). The molecule has 1 unspecified atom stereocenters. The zero-order chi connectivity index (χ0) is 15.8. The fraction of sp³-hybridized carbons (Fsp3) is 0.250. The molecule has 2 aromatic rings. The van der Waals surface area contributed by atoms with Crippen LogP contribution in [0.15, 0.2) is 40.9 Å². The van der Waals surface area contributed by atoms with Crippen LogP contribution in [0.3, 0.4) is 0 Å². The molecule has 0 heterocycles. The van der Waals surface area contributed by atoms with Gasteiger partial charge in [-0.1, -0.05) is 34.1 Å². The lowest BCUT2D eigenvalue weighted by molar-refractivity contribution is -0.137. The lowest BCUT2D eigenvalue weighted by Gasteiger charge is -2.18. The molecule has 1 atom stereocenters. The number of alkyl halides is 3. The molecule has 0 amide bonds. The van der Waals surface area contributed by atoms with Crippen molar-refractivity contribution in [3.05, 3.63) is 68.7 Å². The number of aryl methyl sites for hydroxylation is 2. The van der Waals surface area contributed by atoms with Gasteiger partial charge in [-0.05, 0) is 54.3 Å². The minimum absolute atomic E-state index is 0.470. The van der Waals surface area contributed by atoms with Crippen LogP contribution in [0, 0.1) is 13.8 Å². The van der Waals surface area contributed by atoms with Gasteiger partial charge in [0.2, 0.25) is 0 Å². The molecule has 2 N–H and O–H groups in total. The molecule has 0 saturated carbocycles. The first-order valence-corrected chi connectivity index (χ1v) is 7.19. The lowest BCUT2D eigenvalue weighted by atomic mass is 9.94. The second-order valence-electron chi connectivity index (χ2n) is 5.07. The molecular weight excluding hydrogens is 343 g/mol. The molecule has 21 heavy (non-hydrogen) atoms. The van der Waals surface area contributed by atoms with E-state index in [1.165, 1.54) is 6.07 Å². The van der Waals surface area contributed by atoms with Crippen LogP contribution in [0.4, 0.5) is 13.2 Å². The van der Waals surface area contributed by atoms with Gasteiger partial charge in [-0.25, -0.2) is 0 Å². The van der Waals surface area contributed by atoms with E-state index in [0.29, 0.717) is 11.1 Å². The van der Waals surface area contributed by atoms with Crippen LogP contribution in [0.25, 0.3) is 0 Å². The van der Waals surface area contributed by atoms with Crippen molar-refractivity contribution < 1.29 is 13.2 Å². The summed E-state index contributed by atoms with van der Waals surface area (Å²) in [5.41, 5.74) is 8.72. The highest BCUT2D eigenvalue weighted by Gasteiger charge is 2.31. The summed E-state index contributed by atoms with van der Waals surface area (Å²) in [6.45, 7) is 3.61. The molecular formula is C16H15BrF3N. The second kappa shape index (κ2) is 5.81. The minimum Gasteiger partial charge on any atom is -0.320 e. The van der Waals surface area contributed by atoms with Crippen LogP contribution >= 0.6 is 15.9 Å². The Morgan fingerprint density at radius 2 is 1.62 bits per heavy atom. The number of benzene rings is 2. The number of halogens is 4. The molecule has 5 heteroatoms. The SMILES string of the molecule is Cc1ccc(C(N)c2ccc(C(F)(F)F)cc2C)c(Br)c1. The molecule has 0 aliphatic rings. The van der Waals surface area contributed by atoms with E-state index in [-0.39, 0.29) is 0 Å². The van der Waals surface area contributed by atoms with Gasteiger partial charge < -0.3 is 5.73 Å². The first-order chi connectivity index (χ1) is 9.70. The fourth-order valence-corrected chi connectivity index (χ4v) is 2.99. The van der Waals surface area contributed by atoms with E-state index < -0.39 is 17.8 Å². The standard InChI is InChI=1S/C16H15BrF3N/c1-9-3-5-13(14(17)7-9)15(21)12-6-4-11(8-10(12)2)16(18,19)20/h3-8,15H,21H2,1-2H3. The third-order valence-electron chi connectivity index (χ3n) is 3.42. The zero-order valence-electron chi connectivity index (χ0n) is 11.6. The summed E-state index contributed by atoms with van der Waals surface area (Å²) in [4.78, 5) is 0. The van der Waals surface area contributed by atoms with Gasteiger partial charge in [0.05, 0.1) is 11.6 Å². The van der Waals surface area contributed by atoms with Crippen molar-refractivity contribution in [2.45, 2.75) is 26.1 Å². The van der Waals surface area contributed by atoms with E-state index >= 15 is 0 Å². The van der Waals surface area contributed by atoms with Crippen molar-refractivity contribution >= 4 is 15.9 Å². The van der Waals surface area contributed by atoms with Crippen LogP contribution in [-0.4, -0.2) is 0 Å². The van der Waals surface area contributed by atoms with Crippen LogP contribution in [0.2, 0.25) is 0 Å². The third-order valence-corrected chi connectivity index (χ3v) is 4.11. The molecule has 112 valence electrons. The molecule has 0 aliphatic carbocycles. The van der Waals surface area contributed by atoms with Crippen molar-refractivity contribution in [2.24, 2.45) is 5.73 Å². The highest BCUT2D eigenvalue weighted by molar-refractivity contribution is 9.10. The van der Waals surface area contributed by atoms with E-state index in [4.69, 9.17) is 5.73 Å². The first-order valence-electron chi connectivity index (χ1n) is 6.39. The predicted octanol–water partition coefficient (Wildman–Crippen LogP) is 5.13. The Labute approximate surface area is 130 Å². The van der Waals surface area contributed by atoms with Crippen molar-refractivity contribution in [3.8, 4) is 0 Å². The summed E-state index contributed by atoms with van der Waals surface area (Å²) in [7, 11) is 0. The maximum atomic E-state index is 12.7. The molecule has 0 aromatic heterocycles. The average molecular weight is 358 g/mol. The highest BCUT2D eigenvalue weighted by atomic mass is 79.9. The summed E-state index contributed by atoms with van der Waals surface area (Å²) < 4.78 is 38.9. The fourth-order valence-electron chi connectivity index (χ4n) is 2.25. The van der Waals surface area contributed by atoms with Crippen molar-refractivity contribution in [1.29, 1.82) is 0 Å². The Morgan fingerprint density at radius 3 is 2.14 bits per heavy atom. The minimum atomic E-state index is -4.34. The van der Waals surface area contributed by atoms with Gasteiger partial charge in [0.15, 0.2) is 0 Å². The van der Waals surface area contributed by atoms with Gasteiger partial charge in [-0.3, -0.25) is 0 Å². The summed E-state index contributed by atoms with van der Waals surface area (Å²) in [6, 6.07) is 8.95. The Kier molecular flexibility index (Phi) is 4.44. The second-order valence-corrected chi connectivity index (χ2v) is 5.93. The largest absolute Gasteiger partial charge is 0.416 e. The van der Waals surface area contributed by atoms with Crippen LogP contribution in [-0.2, 0) is 6.18 Å². The van der Waals surface area contributed by atoms with Gasteiger partial charge in [-0.15, -0.1) is 0 Å². The molecule has 2 aromatic carbocycles. The third kappa shape index (κ3) is 3.47. The summed E-state index contributed by atoms with van der Waals surface area (Å²) >= 11 is 3.46. The van der Waals surface area contributed by atoms with Crippen LogP contribution in [0.5, 0.6) is 0 Å². The van der Waals surface area contributed by atoms with E-state index in [9.17, 15) is 13.2 Å². The lowest BCUT2D eigenvalue weighted by Crippen LogP contribution is -2.15. The maximum Gasteiger partial charge on any atom is 0.416 e.